The van der Waals surface area contributed by atoms with Gasteiger partial charge in [-0.1, -0.05) is 22.9 Å². The first-order chi connectivity index (χ1) is 9.43. The summed E-state index contributed by atoms with van der Waals surface area (Å²) in [5, 5.41) is 9.12. The van der Waals surface area contributed by atoms with Crippen LogP contribution in [-0.2, 0) is 4.79 Å². The molecule has 108 valence electrons. The molecule has 1 heterocycles. The number of methoxy groups -OCH3 is 1. The van der Waals surface area contributed by atoms with Crippen molar-refractivity contribution in [1.29, 1.82) is 0 Å². The fourth-order valence-corrected chi connectivity index (χ4v) is 2.81. The van der Waals surface area contributed by atoms with Crippen LogP contribution in [0.15, 0.2) is 22.7 Å². The number of hydrogen-bond donors (Lipinski definition) is 1. The van der Waals surface area contributed by atoms with Crippen LogP contribution in [0.3, 0.4) is 0 Å². The quantitative estimate of drug-likeness (QED) is 0.915. The Balaban J connectivity index is 2.23. The Bertz CT molecular complexity index is 546. The zero-order valence-corrected chi connectivity index (χ0v) is 12.9. The molecule has 1 fully saturated rings. The fourth-order valence-electron chi connectivity index (χ4n) is 2.47. The molecule has 0 aliphatic carbocycles. The third kappa shape index (κ3) is 2.80. The monoisotopic (exact) mass is 341 g/mol. The van der Waals surface area contributed by atoms with Gasteiger partial charge in [-0.25, -0.2) is 0 Å². The van der Waals surface area contributed by atoms with Gasteiger partial charge >= 0.3 is 5.97 Å². The van der Waals surface area contributed by atoms with Gasteiger partial charge < -0.3 is 14.7 Å². The van der Waals surface area contributed by atoms with Crippen LogP contribution in [0.25, 0.3) is 0 Å². The van der Waals surface area contributed by atoms with Crippen LogP contribution in [0.5, 0.6) is 5.75 Å². The van der Waals surface area contributed by atoms with Gasteiger partial charge in [0.2, 0.25) is 0 Å². The first-order valence-electron chi connectivity index (χ1n) is 6.29. The Morgan fingerprint density at radius 1 is 1.40 bits per heavy atom. The van der Waals surface area contributed by atoms with Crippen LogP contribution in [0, 0.1) is 11.8 Å². The summed E-state index contributed by atoms with van der Waals surface area (Å²) >= 11 is 3.33. The predicted octanol–water partition coefficient (Wildman–Crippen LogP) is 2.25. The van der Waals surface area contributed by atoms with E-state index in [9.17, 15) is 9.59 Å². The van der Waals surface area contributed by atoms with Crippen molar-refractivity contribution in [3.8, 4) is 5.75 Å². The lowest BCUT2D eigenvalue weighted by molar-refractivity contribution is -0.142. The zero-order chi connectivity index (χ0) is 14.9. The van der Waals surface area contributed by atoms with E-state index >= 15 is 0 Å². The van der Waals surface area contributed by atoms with Crippen molar-refractivity contribution in [2.24, 2.45) is 11.8 Å². The van der Waals surface area contributed by atoms with Crippen molar-refractivity contribution in [2.45, 2.75) is 6.92 Å². The number of carbonyl (C=O) groups is 2. The molecular weight excluding hydrogens is 326 g/mol. The summed E-state index contributed by atoms with van der Waals surface area (Å²) in [5.74, 6) is -1.10. The summed E-state index contributed by atoms with van der Waals surface area (Å²) in [6, 6.07) is 5.18. The molecule has 2 atom stereocenters. The minimum atomic E-state index is -0.851. The van der Waals surface area contributed by atoms with Gasteiger partial charge in [0.1, 0.15) is 5.75 Å². The SMILES string of the molecule is COc1cc(Br)ccc1C(=O)N1C[C@@H](C)[C@H](C(=O)O)C1. The third-order valence-corrected chi connectivity index (χ3v) is 4.10. The molecule has 0 radical (unpaired) electrons. The summed E-state index contributed by atoms with van der Waals surface area (Å²) < 4.78 is 6.04. The maximum absolute atomic E-state index is 12.5. The molecule has 1 aromatic rings. The van der Waals surface area contributed by atoms with Crippen LogP contribution < -0.4 is 4.74 Å². The number of aliphatic carboxylic acids is 1. The number of carboxylic acid groups (broad SMARTS) is 1. The molecule has 1 N–H and O–H groups in total. The number of rotatable bonds is 3. The van der Waals surface area contributed by atoms with E-state index in [0.717, 1.165) is 4.47 Å². The Labute approximate surface area is 125 Å². The molecule has 0 saturated carbocycles. The van der Waals surface area contributed by atoms with Gasteiger partial charge in [-0.3, -0.25) is 9.59 Å². The highest BCUT2D eigenvalue weighted by Crippen LogP contribution is 2.29. The molecule has 1 aliphatic heterocycles. The maximum Gasteiger partial charge on any atom is 0.308 e. The van der Waals surface area contributed by atoms with Crippen molar-refractivity contribution in [3.63, 3.8) is 0 Å². The van der Waals surface area contributed by atoms with Crippen LogP contribution in [0.4, 0.5) is 0 Å². The van der Waals surface area contributed by atoms with Gasteiger partial charge in [-0.2, -0.15) is 0 Å². The molecule has 0 bridgehead atoms. The van der Waals surface area contributed by atoms with E-state index < -0.39 is 11.9 Å². The molecule has 1 aromatic carbocycles. The summed E-state index contributed by atoms with van der Waals surface area (Å²) in [6.45, 7) is 2.55. The molecule has 5 nitrogen and oxygen atoms in total. The lowest BCUT2D eigenvalue weighted by Crippen LogP contribution is -2.30. The number of benzene rings is 1. The van der Waals surface area contributed by atoms with Gasteiger partial charge in [-0.15, -0.1) is 0 Å². The zero-order valence-electron chi connectivity index (χ0n) is 11.3. The summed E-state index contributed by atoms with van der Waals surface area (Å²) in [6.07, 6.45) is 0. The largest absolute Gasteiger partial charge is 0.496 e. The minimum Gasteiger partial charge on any atom is -0.496 e. The standard InChI is InChI=1S/C14H16BrNO4/c1-8-6-16(7-11(8)14(18)19)13(17)10-4-3-9(15)5-12(10)20-2/h3-5,8,11H,6-7H2,1-2H3,(H,18,19)/t8-,11-/m1/s1. The third-order valence-electron chi connectivity index (χ3n) is 3.61. The molecule has 0 unspecified atom stereocenters. The van der Waals surface area contributed by atoms with Crippen LogP contribution in [-0.4, -0.2) is 42.1 Å². The van der Waals surface area contributed by atoms with Crippen LogP contribution in [0.1, 0.15) is 17.3 Å². The van der Waals surface area contributed by atoms with Crippen LogP contribution in [0.2, 0.25) is 0 Å². The molecule has 0 spiro atoms. The Morgan fingerprint density at radius 2 is 2.10 bits per heavy atom. The Hall–Kier alpha value is -1.56. The van der Waals surface area contributed by atoms with Crippen molar-refractivity contribution in [2.75, 3.05) is 20.2 Å². The van der Waals surface area contributed by atoms with Gasteiger partial charge in [0.25, 0.3) is 5.91 Å². The van der Waals surface area contributed by atoms with Crippen molar-refractivity contribution >= 4 is 27.8 Å². The predicted molar refractivity (Wildman–Crippen MR) is 76.9 cm³/mol. The van der Waals surface area contributed by atoms with Crippen molar-refractivity contribution in [1.82, 2.24) is 4.90 Å². The molecule has 20 heavy (non-hydrogen) atoms. The van der Waals surface area contributed by atoms with Crippen molar-refractivity contribution in [3.05, 3.63) is 28.2 Å². The minimum absolute atomic E-state index is 0.0436. The highest BCUT2D eigenvalue weighted by Gasteiger charge is 2.37. The van der Waals surface area contributed by atoms with E-state index in [-0.39, 0.29) is 18.4 Å². The van der Waals surface area contributed by atoms with E-state index in [2.05, 4.69) is 15.9 Å². The number of nitrogens with zero attached hydrogens (tertiary/aromatic N) is 1. The molecule has 1 saturated heterocycles. The summed E-state index contributed by atoms with van der Waals surface area (Å²) in [4.78, 5) is 25.2. The second-order valence-corrected chi connectivity index (χ2v) is 5.89. The number of hydrogen-bond acceptors (Lipinski definition) is 3. The van der Waals surface area contributed by atoms with E-state index in [0.29, 0.717) is 17.9 Å². The van der Waals surface area contributed by atoms with Gasteiger partial charge in [0.15, 0.2) is 0 Å². The Kier molecular flexibility index (Phi) is 4.32. The Morgan fingerprint density at radius 3 is 2.65 bits per heavy atom. The average molecular weight is 342 g/mol. The number of carbonyl (C=O) groups excluding carboxylic acids is 1. The second-order valence-electron chi connectivity index (χ2n) is 4.98. The smallest absolute Gasteiger partial charge is 0.308 e. The number of halogens is 1. The van der Waals surface area contributed by atoms with E-state index in [1.807, 2.05) is 6.92 Å². The molecule has 1 aliphatic rings. The molecule has 0 aromatic heterocycles. The molecule has 2 rings (SSSR count). The van der Waals surface area contributed by atoms with E-state index in [1.54, 1.807) is 23.1 Å². The lowest BCUT2D eigenvalue weighted by Gasteiger charge is -2.17. The highest BCUT2D eigenvalue weighted by atomic mass is 79.9. The lowest BCUT2D eigenvalue weighted by atomic mass is 9.99. The van der Waals surface area contributed by atoms with Crippen molar-refractivity contribution < 1.29 is 19.4 Å². The number of carboxylic acids is 1. The number of ether oxygens (including phenoxy) is 1. The first kappa shape index (κ1) is 14.8. The fraction of sp³-hybridized carbons (Fsp3) is 0.429. The number of amides is 1. The number of likely N-dealkylation sites (tertiary alicyclic amines) is 1. The molecule has 1 amide bonds. The summed E-state index contributed by atoms with van der Waals surface area (Å²) in [5.41, 5.74) is 0.453. The topological polar surface area (TPSA) is 66.8 Å². The normalized spacial score (nSPS) is 21.9. The second kappa shape index (κ2) is 5.83. The first-order valence-corrected chi connectivity index (χ1v) is 7.09. The van der Waals surface area contributed by atoms with Gasteiger partial charge in [0.05, 0.1) is 18.6 Å². The van der Waals surface area contributed by atoms with Gasteiger partial charge in [-0.05, 0) is 24.1 Å². The summed E-state index contributed by atoms with van der Waals surface area (Å²) in [7, 11) is 1.51. The highest BCUT2D eigenvalue weighted by molar-refractivity contribution is 9.10. The molecule has 6 heteroatoms. The van der Waals surface area contributed by atoms with Gasteiger partial charge in [0, 0.05) is 17.6 Å². The average Bonchev–Trinajstić information content (AvgIpc) is 2.80. The van der Waals surface area contributed by atoms with Crippen LogP contribution >= 0.6 is 15.9 Å². The van der Waals surface area contributed by atoms with E-state index in [1.165, 1.54) is 7.11 Å². The maximum atomic E-state index is 12.5. The van der Waals surface area contributed by atoms with E-state index in [4.69, 9.17) is 9.84 Å². The molecular formula is C14H16BrNO4.